The van der Waals surface area contributed by atoms with Crippen molar-refractivity contribution in [3.8, 4) is 0 Å². The molecule has 0 aliphatic rings. The van der Waals surface area contributed by atoms with Crippen LogP contribution in [0.5, 0.6) is 0 Å². The third-order valence-electron chi connectivity index (χ3n) is 3.05. The minimum absolute atomic E-state index is 0.546. The average Bonchev–Trinajstić information content (AvgIpc) is 2.28. The molecule has 0 spiro atoms. The van der Waals surface area contributed by atoms with Crippen LogP contribution >= 0.6 is 15.9 Å². The van der Waals surface area contributed by atoms with Gasteiger partial charge in [0.25, 0.3) is 0 Å². The molecule has 0 amide bonds. The maximum Gasteiger partial charge on any atom is 0.0422 e. The van der Waals surface area contributed by atoms with Crippen molar-refractivity contribution in [1.82, 2.24) is 0 Å². The number of halogens is 1. The topological polar surface area (TPSA) is 29.3 Å². The molecule has 0 bridgehead atoms. The van der Waals surface area contributed by atoms with E-state index in [0.29, 0.717) is 12.6 Å². The smallest absolute Gasteiger partial charge is 0.0422 e. The highest BCUT2D eigenvalue weighted by Crippen LogP contribution is 2.28. The van der Waals surface area contributed by atoms with E-state index < -0.39 is 0 Å². The van der Waals surface area contributed by atoms with Gasteiger partial charge in [0.15, 0.2) is 0 Å². The summed E-state index contributed by atoms with van der Waals surface area (Å²) in [6.45, 7) is 5.04. The summed E-state index contributed by atoms with van der Waals surface area (Å²) in [5.41, 5.74) is 8.23. The van der Waals surface area contributed by atoms with Crippen LogP contribution in [0.3, 0.4) is 0 Å². The fourth-order valence-corrected chi connectivity index (χ4v) is 2.45. The summed E-state index contributed by atoms with van der Waals surface area (Å²) in [6.07, 6.45) is 2.41. The molecule has 1 unspecified atom stereocenters. The highest BCUT2D eigenvalue weighted by molar-refractivity contribution is 9.10. The van der Waals surface area contributed by atoms with Crippen molar-refractivity contribution in [2.24, 2.45) is 5.73 Å². The molecule has 0 saturated heterocycles. The lowest BCUT2D eigenvalue weighted by atomic mass is 10.1. The molecule has 3 heteroatoms. The first kappa shape index (κ1) is 13.5. The van der Waals surface area contributed by atoms with Crippen LogP contribution in [-0.2, 0) is 6.54 Å². The highest BCUT2D eigenvalue weighted by atomic mass is 79.9. The fourth-order valence-electron chi connectivity index (χ4n) is 1.93. The van der Waals surface area contributed by atoms with Gasteiger partial charge in [-0.15, -0.1) is 0 Å². The number of benzene rings is 1. The van der Waals surface area contributed by atoms with Crippen LogP contribution in [0.1, 0.15) is 32.3 Å². The van der Waals surface area contributed by atoms with Crippen molar-refractivity contribution in [3.63, 3.8) is 0 Å². The van der Waals surface area contributed by atoms with E-state index in [2.05, 4.69) is 53.9 Å². The van der Waals surface area contributed by atoms with Crippen molar-refractivity contribution >= 4 is 21.6 Å². The first-order chi connectivity index (χ1) is 7.61. The van der Waals surface area contributed by atoms with Crippen LogP contribution in [-0.4, -0.2) is 13.1 Å². The SMILES string of the molecule is CCCC(C)N(C)c1cccc(Br)c1CN. The van der Waals surface area contributed by atoms with Gasteiger partial charge in [0.2, 0.25) is 0 Å². The summed E-state index contributed by atoms with van der Waals surface area (Å²) in [5, 5.41) is 0. The van der Waals surface area contributed by atoms with Gasteiger partial charge in [0, 0.05) is 35.4 Å². The molecular weight excluding hydrogens is 264 g/mol. The number of hydrogen-bond acceptors (Lipinski definition) is 2. The van der Waals surface area contributed by atoms with Gasteiger partial charge in [-0.1, -0.05) is 35.3 Å². The third-order valence-corrected chi connectivity index (χ3v) is 3.79. The second kappa shape index (κ2) is 6.26. The predicted octanol–water partition coefficient (Wildman–Crippen LogP) is 3.53. The van der Waals surface area contributed by atoms with E-state index in [1.165, 1.54) is 24.1 Å². The summed E-state index contributed by atoms with van der Waals surface area (Å²) < 4.78 is 1.10. The van der Waals surface area contributed by atoms with E-state index >= 15 is 0 Å². The summed E-state index contributed by atoms with van der Waals surface area (Å²) in [5.74, 6) is 0. The van der Waals surface area contributed by atoms with Crippen LogP contribution in [0, 0.1) is 0 Å². The zero-order valence-electron chi connectivity index (χ0n) is 10.3. The number of anilines is 1. The highest BCUT2D eigenvalue weighted by Gasteiger charge is 2.13. The predicted molar refractivity (Wildman–Crippen MR) is 74.8 cm³/mol. The Morgan fingerprint density at radius 1 is 1.44 bits per heavy atom. The molecule has 0 saturated carbocycles. The van der Waals surface area contributed by atoms with Gasteiger partial charge in [-0.05, 0) is 25.5 Å². The lowest BCUT2D eigenvalue weighted by Gasteiger charge is -2.29. The molecule has 2 N–H and O–H groups in total. The second-order valence-corrected chi connectivity index (χ2v) is 5.04. The zero-order valence-corrected chi connectivity index (χ0v) is 11.9. The lowest BCUT2D eigenvalue weighted by Crippen LogP contribution is -2.29. The zero-order chi connectivity index (χ0) is 12.1. The van der Waals surface area contributed by atoms with Gasteiger partial charge in [-0.3, -0.25) is 0 Å². The van der Waals surface area contributed by atoms with Crippen LogP contribution in [0.15, 0.2) is 22.7 Å². The standard InChI is InChI=1S/C13H21BrN2/c1-4-6-10(2)16(3)13-8-5-7-12(14)11(13)9-15/h5,7-8,10H,4,6,9,15H2,1-3H3. The molecule has 0 fully saturated rings. The van der Waals surface area contributed by atoms with E-state index in [4.69, 9.17) is 5.73 Å². The van der Waals surface area contributed by atoms with E-state index in [9.17, 15) is 0 Å². The van der Waals surface area contributed by atoms with E-state index in [1.807, 2.05) is 6.07 Å². The molecule has 0 heterocycles. The number of rotatable bonds is 5. The van der Waals surface area contributed by atoms with Gasteiger partial charge >= 0.3 is 0 Å². The fraction of sp³-hybridized carbons (Fsp3) is 0.538. The van der Waals surface area contributed by atoms with Gasteiger partial charge < -0.3 is 10.6 Å². The minimum atomic E-state index is 0.546. The molecule has 16 heavy (non-hydrogen) atoms. The maximum absolute atomic E-state index is 5.81. The van der Waals surface area contributed by atoms with Gasteiger partial charge in [0.1, 0.15) is 0 Å². The normalized spacial score (nSPS) is 12.6. The van der Waals surface area contributed by atoms with E-state index in [0.717, 1.165) is 4.47 Å². The summed E-state index contributed by atoms with van der Waals surface area (Å²) in [7, 11) is 2.14. The Morgan fingerprint density at radius 2 is 2.12 bits per heavy atom. The average molecular weight is 285 g/mol. The van der Waals surface area contributed by atoms with Crippen LogP contribution < -0.4 is 10.6 Å². The quantitative estimate of drug-likeness (QED) is 0.896. The maximum atomic E-state index is 5.81. The number of nitrogens with two attached hydrogens (primary N) is 1. The lowest BCUT2D eigenvalue weighted by molar-refractivity contribution is 0.614. The Hall–Kier alpha value is -0.540. The number of hydrogen-bond donors (Lipinski definition) is 1. The van der Waals surface area contributed by atoms with Gasteiger partial charge in [-0.2, -0.15) is 0 Å². The Kier molecular flexibility index (Phi) is 5.29. The van der Waals surface area contributed by atoms with Crippen molar-refractivity contribution in [2.75, 3.05) is 11.9 Å². The molecule has 1 rings (SSSR count). The molecule has 1 aromatic rings. The molecule has 90 valence electrons. The largest absolute Gasteiger partial charge is 0.372 e. The van der Waals surface area contributed by atoms with Gasteiger partial charge in [0.05, 0.1) is 0 Å². The molecule has 0 aliphatic heterocycles. The molecular formula is C13H21BrN2. The van der Waals surface area contributed by atoms with Crippen molar-refractivity contribution in [3.05, 3.63) is 28.2 Å². The van der Waals surface area contributed by atoms with Crippen molar-refractivity contribution in [1.29, 1.82) is 0 Å². The summed E-state index contributed by atoms with van der Waals surface area (Å²) in [6, 6.07) is 6.79. The Morgan fingerprint density at radius 3 is 2.69 bits per heavy atom. The van der Waals surface area contributed by atoms with Gasteiger partial charge in [-0.25, -0.2) is 0 Å². The summed E-state index contributed by atoms with van der Waals surface area (Å²) >= 11 is 3.56. The van der Waals surface area contributed by atoms with Crippen molar-refractivity contribution in [2.45, 2.75) is 39.3 Å². The van der Waals surface area contributed by atoms with Crippen LogP contribution in [0.2, 0.25) is 0 Å². The van der Waals surface area contributed by atoms with Crippen molar-refractivity contribution < 1.29 is 0 Å². The second-order valence-electron chi connectivity index (χ2n) is 4.19. The molecule has 0 aliphatic carbocycles. The van der Waals surface area contributed by atoms with Crippen LogP contribution in [0.4, 0.5) is 5.69 Å². The van der Waals surface area contributed by atoms with Crippen LogP contribution in [0.25, 0.3) is 0 Å². The monoisotopic (exact) mass is 284 g/mol. The first-order valence-electron chi connectivity index (χ1n) is 5.82. The minimum Gasteiger partial charge on any atom is -0.372 e. The molecule has 0 aromatic heterocycles. The Labute approximate surface area is 107 Å². The molecule has 2 nitrogen and oxygen atoms in total. The molecule has 0 radical (unpaired) electrons. The first-order valence-corrected chi connectivity index (χ1v) is 6.61. The molecule has 1 aromatic carbocycles. The van der Waals surface area contributed by atoms with E-state index in [1.54, 1.807) is 0 Å². The Balaban J connectivity index is 2.98. The van der Waals surface area contributed by atoms with E-state index in [-0.39, 0.29) is 0 Å². The molecule has 1 atom stereocenters. The summed E-state index contributed by atoms with van der Waals surface area (Å²) in [4.78, 5) is 2.32. The third kappa shape index (κ3) is 2.98. The number of nitrogens with zero attached hydrogens (tertiary/aromatic N) is 1. The Bertz CT molecular complexity index is 339.